The Morgan fingerprint density at radius 1 is 1.20 bits per heavy atom. The quantitative estimate of drug-likeness (QED) is 0.351. The largest absolute Gasteiger partial charge is 0.760 e. The monoisotopic (exact) mass is 500 g/mol. The van der Waals surface area contributed by atoms with Gasteiger partial charge in [0.2, 0.25) is 11.8 Å². The fraction of sp³-hybridized carbons (Fsp3) is 0.381. The van der Waals surface area contributed by atoms with Crippen molar-refractivity contribution in [3.05, 3.63) is 41.5 Å². The van der Waals surface area contributed by atoms with Crippen LogP contribution in [-0.4, -0.2) is 72.0 Å². The fourth-order valence-corrected chi connectivity index (χ4v) is 3.93. The van der Waals surface area contributed by atoms with Crippen molar-refractivity contribution in [2.24, 2.45) is 0 Å². The summed E-state index contributed by atoms with van der Waals surface area (Å²) in [6.07, 6.45) is 3.36. The van der Waals surface area contributed by atoms with E-state index in [1.54, 1.807) is 25.4 Å². The van der Waals surface area contributed by atoms with E-state index < -0.39 is 11.3 Å². The van der Waals surface area contributed by atoms with Crippen molar-refractivity contribution in [2.75, 3.05) is 44.5 Å². The third kappa shape index (κ3) is 6.64. The van der Waals surface area contributed by atoms with Crippen LogP contribution in [0.4, 0.5) is 17.5 Å². The number of rotatable bonds is 9. The number of hydrogen-bond acceptors (Lipinski definition) is 12. The van der Waals surface area contributed by atoms with E-state index in [1.807, 2.05) is 6.07 Å². The molecule has 1 saturated heterocycles. The lowest BCUT2D eigenvalue weighted by Crippen LogP contribution is -2.35. The van der Waals surface area contributed by atoms with E-state index in [0.717, 1.165) is 18.7 Å². The smallest absolute Gasteiger partial charge is 0.223 e. The van der Waals surface area contributed by atoms with Gasteiger partial charge < -0.3 is 25.1 Å². The Bertz CT molecular complexity index is 1190. The number of nitrogens with zero attached hydrogens (tertiary/aromatic N) is 6. The van der Waals surface area contributed by atoms with E-state index in [4.69, 9.17) is 15.2 Å². The molecule has 3 aromatic heterocycles. The minimum Gasteiger partial charge on any atom is -0.760 e. The molecule has 4 heterocycles. The van der Waals surface area contributed by atoms with Gasteiger partial charge in [0.05, 0.1) is 37.8 Å². The molecule has 35 heavy (non-hydrogen) atoms. The molecule has 0 saturated carbocycles. The summed E-state index contributed by atoms with van der Waals surface area (Å²) in [5.41, 5.74) is 8.64. The molecule has 3 aromatic rings. The van der Waals surface area contributed by atoms with Crippen LogP contribution in [0.15, 0.2) is 24.5 Å². The molecule has 0 spiro atoms. The van der Waals surface area contributed by atoms with Crippen LogP contribution in [-0.2, 0) is 29.1 Å². The standard InChI is InChI=1S/C21H27N9O4S/c1-13-26-19(29-21(22)27-13)17-7-14(12-30-3-5-34-6-4-30)9-23-18(17)28-16-8-15(10-25-35(31)32)20(33-2)24-11-16/h7-9,11,25H,3-6,10,12H2,1-2H3,(H,23,28)(H,31,32)(H2,22,26,27,29)/p-1. The van der Waals surface area contributed by atoms with Crippen molar-refractivity contribution in [1.82, 2.24) is 34.5 Å². The third-order valence-electron chi connectivity index (χ3n) is 5.22. The molecule has 13 nitrogen and oxygen atoms in total. The van der Waals surface area contributed by atoms with Gasteiger partial charge in [-0.3, -0.25) is 9.11 Å². The topological polar surface area (TPSA) is 176 Å². The highest BCUT2D eigenvalue weighted by Crippen LogP contribution is 2.29. The van der Waals surface area contributed by atoms with Crippen molar-refractivity contribution in [3.63, 3.8) is 0 Å². The summed E-state index contributed by atoms with van der Waals surface area (Å²) < 4.78 is 34.9. The molecule has 14 heteroatoms. The lowest BCUT2D eigenvalue weighted by Gasteiger charge is -2.26. The fourth-order valence-electron chi connectivity index (χ4n) is 3.66. The van der Waals surface area contributed by atoms with Gasteiger partial charge in [0.15, 0.2) is 5.82 Å². The Hall–Kier alpha value is -3.30. The first-order valence-corrected chi connectivity index (χ1v) is 11.9. The van der Waals surface area contributed by atoms with Crippen LogP contribution in [0.5, 0.6) is 5.88 Å². The van der Waals surface area contributed by atoms with Gasteiger partial charge in [0.25, 0.3) is 0 Å². The van der Waals surface area contributed by atoms with Gasteiger partial charge in [0.1, 0.15) is 11.6 Å². The molecule has 1 atom stereocenters. The van der Waals surface area contributed by atoms with Crippen LogP contribution in [0.3, 0.4) is 0 Å². The number of ether oxygens (including phenoxy) is 2. The summed E-state index contributed by atoms with van der Waals surface area (Å²) in [4.78, 5) is 24.0. The van der Waals surface area contributed by atoms with Crippen LogP contribution in [0.2, 0.25) is 0 Å². The zero-order valence-corrected chi connectivity index (χ0v) is 20.2. The Balaban J connectivity index is 1.68. The highest BCUT2D eigenvalue weighted by Gasteiger charge is 2.17. The van der Waals surface area contributed by atoms with E-state index in [1.165, 1.54) is 7.11 Å². The second-order valence-electron chi connectivity index (χ2n) is 7.77. The minimum absolute atomic E-state index is 0.0176. The molecule has 4 rings (SSSR count). The summed E-state index contributed by atoms with van der Waals surface area (Å²) >= 11 is -2.42. The van der Waals surface area contributed by atoms with E-state index in [2.05, 4.69) is 39.9 Å². The SMILES string of the molecule is COc1ncc(Nc2ncc(CN3CCOCC3)cc2-c2nc(C)nc(N)n2)cc1CNS(=O)[O-]. The molecule has 1 aliphatic heterocycles. The van der Waals surface area contributed by atoms with Gasteiger partial charge >= 0.3 is 0 Å². The lowest BCUT2D eigenvalue weighted by atomic mass is 10.1. The summed E-state index contributed by atoms with van der Waals surface area (Å²) in [6, 6.07) is 3.70. The molecule has 1 unspecified atom stereocenters. The number of aryl methyl sites for hydroxylation is 1. The van der Waals surface area contributed by atoms with E-state index in [-0.39, 0.29) is 12.5 Å². The molecule has 0 bridgehead atoms. The highest BCUT2D eigenvalue weighted by atomic mass is 32.2. The Labute approximate surface area is 204 Å². The first-order valence-electron chi connectivity index (χ1n) is 10.8. The average molecular weight is 501 g/mol. The first-order chi connectivity index (χ1) is 16.9. The summed E-state index contributed by atoms with van der Waals surface area (Å²) in [5.74, 6) is 1.78. The second-order valence-corrected chi connectivity index (χ2v) is 8.52. The maximum Gasteiger partial charge on any atom is 0.223 e. The van der Waals surface area contributed by atoms with Crippen molar-refractivity contribution < 1.29 is 18.2 Å². The van der Waals surface area contributed by atoms with Crippen molar-refractivity contribution >= 4 is 28.7 Å². The second kappa shape index (κ2) is 11.4. The molecule has 0 aliphatic carbocycles. The number of anilines is 3. The van der Waals surface area contributed by atoms with Gasteiger partial charge in [-0.05, 0) is 24.6 Å². The van der Waals surface area contributed by atoms with Crippen molar-refractivity contribution in [2.45, 2.75) is 20.0 Å². The van der Waals surface area contributed by atoms with Gasteiger partial charge in [-0.2, -0.15) is 9.97 Å². The molecule has 0 amide bonds. The molecule has 0 aromatic carbocycles. The number of methoxy groups -OCH3 is 1. The minimum atomic E-state index is -2.42. The summed E-state index contributed by atoms with van der Waals surface area (Å²) in [5, 5.41) is 3.23. The average Bonchev–Trinajstić information content (AvgIpc) is 2.84. The van der Waals surface area contributed by atoms with Gasteiger partial charge in [-0.1, -0.05) is 0 Å². The Kier molecular flexibility index (Phi) is 8.09. The lowest BCUT2D eigenvalue weighted by molar-refractivity contribution is 0.0341. The van der Waals surface area contributed by atoms with Crippen LogP contribution in [0.25, 0.3) is 11.4 Å². The van der Waals surface area contributed by atoms with E-state index >= 15 is 0 Å². The Morgan fingerprint density at radius 3 is 2.71 bits per heavy atom. The first kappa shape index (κ1) is 24.8. The van der Waals surface area contributed by atoms with Crippen molar-refractivity contribution in [1.29, 1.82) is 0 Å². The number of nitrogen functional groups attached to an aromatic ring is 1. The molecular formula is C21H26N9O4S-. The molecular weight excluding hydrogens is 474 g/mol. The van der Waals surface area contributed by atoms with Crippen LogP contribution in [0.1, 0.15) is 17.0 Å². The number of hydrogen-bond donors (Lipinski definition) is 3. The third-order valence-corrected chi connectivity index (χ3v) is 5.60. The van der Waals surface area contributed by atoms with Crippen LogP contribution >= 0.6 is 0 Å². The van der Waals surface area contributed by atoms with Gasteiger partial charge in [-0.15, -0.1) is 0 Å². The molecule has 0 radical (unpaired) electrons. The highest BCUT2D eigenvalue weighted by molar-refractivity contribution is 7.77. The molecule has 186 valence electrons. The summed E-state index contributed by atoms with van der Waals surface area (Å²) in [6.45, 7) is 5.55. The number of pyridine rings is 2. The van der Waals surface area contributed by atoms with E-state index in [9.17, 15) is 8.76 Å². The normalized spacial score (nSPS) is 15.1. The van der Waals surface area contributed by atoms with Crippen LogP contribution < -0.4 is 20.5 Å². The summed E-state index contributed by atoms with van der Waals surface area (Å²) in [7, 11) is 1.47. The predicted octanol–water partition coefficient (Wildman–Crippen LogP) is 0.687. The molecule has 1 fully saturated rings. The molecule has 1 aliphatic rings. The van der Waals surface area contributed by atoms with Crippen LogP contribution in [0, 0.1) is 6.92 Å². The Morgan fingerprint density at radius 2 is 2.00 bits per heavy atom. The van der Waals surface area contributed by atoms with Gasteiger partial charge in [-0.25, -0.2) is 19.7 Å². The maximum atomic E-state index is 10.9. The number of morpholine rings is 1. The number of nitrogens with one attached hydrogen (secondary N) is 2. The van der Waals surface area contributed by atoms with Crippen molar-refractivity contribution in [3.8, 4) is 17.3 Å². The zero-order chi connectivity index (χ0) is 24.8. The maximum absolute atomic E-state index is 10.9. The predicted molar refractivity (Wildman–Crippen MR) is 128 cm³/mol. The van der Waals surface area contributed by atoms with Gasteiger partial charge in [0, 0.05) is 49.2 Å². The van der Waals surface area contributed by atoms with E-state index in [0.29, 0.717) is 59.9 Å². The zero-order valence-electron chi connectivity index (χ0n) is 19.4. The molecule has 4 N–H and O–H groups in total. The number of nitrogens with two attached hydrogens (primary N) is 1. The number of aromatic nitrogens is 5.